The van der Waals surface area contributed by atoms with Gasteiger partial charge in [-0.3, -0.25) is 0 Å². The summed E-state index contributed by atoms with van der Waals surface area (Å²) in [5.74, 6) is -6.20. The average molecular weight is 533 g/mol. The van der Waals surface area contributed by atoms with Crippen LogP contribution in [0.4, 0.5) is 35.1 Å². The molecule has 0 saturated heterocycles. The second-order valence-corrected chi connectivity index (χ2v) is 16.0. The number of carbonyl (C=O) groups excluding carboxylic acids is 1. The van der Waals surface area contributed by atoms with E-state index in [4.69, 9.17) is 13.3 Å². The van der Waals surface area contributed by atoms with Crippen LogP contribution < -0.4 is 0 Å². The van der Waals surface area contributed by atoms with Gasteiger partial charge in [0.2, 0.25) is 0 Å². The molecular weight excluding hydrogens is 500 g/mol. The summed E-state index contributed by atoms with van der Waals surface area (Å²) in [5.41, 5.74) is -4.96. The normalized spacial score (nSPS) is 16.3. The van der Waals surface area contributed by atoms with Crippen LogP contribution in [0.15, 0.2) is 12.2 Å². The van der Waals surface area contributed by atoms with Crippen LogP contribution in [-0.4, -0.2) is 59.9 Å². The summed E-state index contributed by atoms with van der Waals surface area (Å²) >= 11 is 0. The topological polar surface area (TPSA) is 44.8 Å². The van der Waals surface area contributed by atoms with Gasteiger partial charge in [0.25, 0.3) is 8.32 Å². The lowest BCUT2D eigenvalue weighted by Crippen LogP contribution is -2.67. The van der Waals surface area contributed by atoms with Crippen molar-refractivity contribution >= 4 is 22.8 Å². The molecule has 4 nitrogen and oxygen atoms in total. The predicted molar refractivity (Wildman–Crippen MR) is 112 cm³/mol. The minimum Gasteiger partial charge on any atom is -0.462 e. The second-order valence-electron chi connectivity index (χ2n) is 8.45. The molecule has 0 heterocycles. The van der Waals surface area contributed by atoms with E-state index in [1.807, 2.05) is 0 Å². The highest BCUT2D eigenvalue weighted by atomic mass is 28.4. The van der Waals surface area contributed by atoms with Crippen molar-refractivity contribution < 1.29 is 53.2 Å². The highest BCUT2D eigenvalue weighted by molar-refractivity contribution is 6.84. The number of hydrogen-bond acceptors (Lipinski definition) is 4. The molecule has 0 aromatic rings. The van der Waals surface area contributed by atoms with Crippen LogP contribution in [0.5, 0.6) is 0 Å². The standard InChI is InChI=1S/C19H32F8O4Si2/c1-7-10-30-33(6,12-9-8-11-29-16(28)14(2)3)31-32(4,5)19(26,27)18(24,25)15(20)13-17(21,22)23/h15H,2,7-13H2,1,3-6H3. The maximum absolute atomic E-state index is 14.7. The monoisotopic (exact) mass is 532 g/mol. The van der Waals surface area contributed by atoms with E-state index in [9.17, 15) is 39.9 Å². The van der Waals surface area contributed by atoms with Gasteiger partial charge in [-0.1, -0.05) is 13.5 Å². The smallest absolute Gasteiger partial charge is 0.392 e. The van der Waals surface area contributed by atoms with Gasteiger partial charge in [0.05, 0.1) is 13.0 Å². The third-order valence-electron chi connectivity index (χ3n) is 4.67. The van der Waals surface area contributed by atoms with Gasteiger partial charge in [-0.25, -0.2) is 18.0 Å². The van der Waals surface area contributed by atoms with Gasteiger partial charge >= 0.3 is 32.2 Å². The highest BCUT2D eigenvalue weighted by Gasteiger charge is 2.72. The van der Waals surface area contributed by atoms with E-state index in [-0.39, 0.29) is 31.3 Å². The minimum atomic E-state index is -5.59. The molecule has 0 N–H and O–H groups in total. The van der Waals surface area contributed by atoms with Crippen molar-refractivity contribution in [2.45, 2.75) is 89.0 Å². The first kappa shape index (κ1) is 32.0. The molecule has 2 unspecified atom stereocenters. The summed E-state index contributed by atoms with van der Waals surface area (Å²) in [7, 11) is -8.37. The van der Waals surface area contributed by atoms with Crippen LogP contribution in [0.3, 0.4) is 0 Å². The van der Waals surface area contributed by atoms with Gasteiger partial charge in [-0.05, 0) is 51.9 Å². The van der Waals surface area contributed by atoms with E-state index in [1.54, 1.807) is 6.92 Å². The van der Waals surface area contributed by atoms with Gasteiger partial charge in [0.1, 0.15) is 0 Å². The predicted octanol–water partition coefficient (Wildman–Crippen LogP) is 6.71. The Morgan fingerprint density at radius 2 is 1.55 bits per heavy atom. The Morgan fingerprint density at radius 1 is 1.00 bits per heavy atom. The van der Waals surface area contributed by atoms with Crippen LogP contribution in [0, 0.1) is 0 Å². The molecule has 14 heteroatoms. The molecule has 0 spiro atoms. The third kappa shape index (κ3) is 9.64. The van der Waals surface area contributed by atoms with E-state index in [2.05, 4.69) is 6.58 Å². The van der Waals surface area contributed by atoms with E-state index in [1.165, 1.54) is 13.5 Å². The molecule has 0 aliphatic carbocycles. The van der Waals surface area contributed by atoms with E-state index in [0.29, 0.717) is 25.9 Å². The van der Waals surface area contributed by atoms with Crippen LogP contribution in [0.1, 0.15) is 39.5 Å². The molecule has 0 aliphatic heterocycles. The van der Waals surface area contributed by atoms with Crippen molar-refractivity contribution in [1.29, 1.82) is 0 Å². The molecule has 0 radical (unpaired) electrons. The number of unbranched alkanes of at least 4 members (excludes halogenated alkanes) is 1. The molecule has 196 valence electrons. The molecule has 0 bridgehead atoms. The Bertz CT molecular complexity index is 658. The van der Waals surface area contributed by atoms with Crippen molar-refractivity contribution in [3.05, 3.63) is 12.2 Å². The third-order valence-corrected chi connectivity index (χ3v) is 12.4. The lowest BCUT2D eigenvalue weighted by atomic mass is 10.1. The number of carbonyl (C=O) groups is 1. The Morgan fingerprint density at radius 3 is 2.00 bits per heavy atom. The summed E-state index contributed by atoms with van der Waals surface area (Å²) in [4.78, 5) is 11.4. The van der Waals surface area contributed by atoms with Gasteiger partial charge < -0.3 is 13.3 Å². The van der Waals surface area contributed by atoms with Crippen LogP contribution in [0.2, 0.25) is 25.7 Å². The zero-order valence-corrected chi connectivity index (χ0v) is 21.4. The fourth-order valence-electron chi connectivity index (χ4n) is 2.84. The maximum atomic E-state index is 14.7. The molecule has 2 atom stereocenters. The molecule has 0 aliphatic rings. The first-order valence-corrected chi connectivity index (χ1v) is 15.8. The number of rotatable bonds is 15. The molecule has 33 heavy (non-hydrogen) atoms. The molecule has 0 aromatic carbocycles. The first-order chi connectivity index (χ1) is 14.7. The van der Waals surface area contributed by atoms with Gasteiger partial charge in [0.15, 0.2) is 6.17 Å². The lowest BCUT2D eigenvalue weighted by Gasteiger charge is -2.42. The number of halogens is 8. The van der Waals surface area contributed by atoms with E-state index < -0.39 is 53.1 Å². The minimum absolute atomic E-state index is 0.0000229. The number of ether oxygens (including phenoxy) is 1. The van der Waals surface area contributed by atoms with Crippen LogP contribution in [-0.2, 0) is 18.1 Å². The van der Waals surface area contributed by atoms with E-state index in [0.717, 1.165) is 0 Å². The average Bonchev–Trinajstić information content (AvgIpc) is 2.63. The Hall–Kier alpha value is -0.996. The van der Waals surface area contributed by atoms with Crippen molar-refractivity contribution in [3.63, 3.8) is 0 Å². The van der Waals surface area contributed by atoms with Crippen molar-refractivity contribution in [2.24, 2.45) is 0 Å². The maximum Gasteiger partial charge on any atom is 0.392 e. The largest absolute Gasteiger partial charge is 0.462 e. The summed E-state index contributed by atoms with van der Waals surface area (Å²) in [6.07, 6.45) is -11.2. The quantitative estimate of drug-likeness (QED) is 0.0774. The first-order valence-electron chi connectivity index (χ1n) is 10.4. The number of esters is 1. The van der Waals surface area contributed by atoms with Crippen molar-refractivity contribution in [2.75, 3.05) is 13.2 Å². The molecule has 0 fully saturated rings. The Kier molecular flexibility index (Phi) is 11.7. The number of alkyl halides is 8. The van der Waals surface area contributed by atoms with Gasteiger partial charge in [-0.2, -0.15) is 22.0 Å². The van der Waals surface area contributed by atoms with Crippen LogP contribution in [0.25, 0.3) is 0 Å². The Balaban J connectivity index is 5.45. The molecule has 0 rings (SSSR count). The molecule has 0 amide bonds. The van der Waals surface area contributed by atoms with Crippen LogP contribution >= 0.6 is 0 Å². The molecular formula is C19H32F8O4Si2. The van der Waals surface area contributed by atoms with E-state index >= 15 is 0 Å². The molecule has 0 aromatic heterocycles. The fraction of sp³-hybridized carbons (Fsp3) is 0.842. The second kappa shape index (κ2) is 12.1. The van der Waals surface area contributed by atoms with Crippen molar-refractivity contribution in [3.8, 4) is 0 Å². The van der Waals surface area contributed by atoms with Crippen molar-refractivity contribution in [1.82, 2.24) is 0 Å². The summed E-state index contributed by atoms with van der Waals surface area (Å²) in [6, 6.07) is 0.0668. The van der Waals surface area contributed by atoms with Gasteiger partial charge in [0, 0.05) is 12.2 Å². The SMILES string of the molecule is C=C(C)C(=O)OCCCC[Si](C)(OCCC)O[Si](C)(C)C(F)(F)C(F)(F)C(F)CC(F)(F)F. The summed E-state index contributed by atoms with van der Waals surface area (Å²) in [5, 5.41) is 0. The Labute approximate surface area is 191 Å². The number of hydrogen-bond donors (Lipinski definition) is 0. The zero-order chi connectivity index (χ0) is 26.3. The lowest BCUT2D eigenvalue weighted by molar-refractivity contribution is -0.233. The molecule has 0 saturated carbocycles. The van der Waals surface area contributed by atoms with Gasteiger partial charge in [-0.15, -0.1) is 0 Å². The highest BCUT2D eigenvalue weighted by Crippen LogP contribution is 2.48. The summed E-state index contributed by atoms with van der Waals surface area (Å²) < 4.78 is 125. The summed E-state index contributed by atoms with van der Waals surface area (Å²) in [6.45, 7) is 9.47. The zero-order valence-electron chi connectivity index (χ0n) is 19.4. The fourth-order valence-corrected chi connectivity index (χ4v) is 10.9.